The summed E-state index contributed by atoms with van der Waals surface area (Å²) in [5.74, 6) is 0.976. The Bertz CT molecular complexity index is 1560. The maximum Gasteiger partial charge on any atom is 0.410 e. The summed E-state index contributed by atoms with van der Waals surface area (Å²) in [6.45, 7) is 29.5. The van der Waals surface area contributed by atoms with Crippen LogP contribution in [-0.4, -0.2) is 64.8 Å². The summed E-state index contributed by atoms with van der Waals surface area (Å²) in [5.41, 5.74) is -0.308. The molecule has 1 aliphatic heterocycles. The molecular formula is C46H74N2O7. The van der Waals surface area contributed by atoms with Crippen LogP contribution >= 0.6 is 0 Å². The van der Waals surface area contributed by atoms with Gasteiger partial charge in [-0.15, -0.1) is 0 Å². The number of allylic oxidation sites excluding steroid dienone is 1. The van der Waals surface area contributed by atoms with E-state index in [0.29, 0.717) is 36.8 Å². The van der Waals surface area contributed by atoms with Gasteiger partial charge in [-0.2, -0.15) is 0 Å². The predicted octanol–water partition coefficient (Wildman–Crippen LogP) is 9.57. The highest BCUT2D eigenvalue weighted by Gasteiger charge is 2.72. The zero-order chi connectivity index (χ0) is 40.7. The van der Waals surface area contributed by atoms with Crippen LogP contribution in [0.4, 0.5) is 4.79 Å². The molecule has 0 bridgehead atoms. The number of esters is 1. The highest BCUT2D eigenvalue weighted by Crippen LogP contribution is 2.77. The number of ether oxygens (including phenoxy) is 2. The second-order valence-electron chi connectivity index (χ2n) is 22.5. The highest BCUT2D eigenvalue weighted by atomic mass is 16.6. The Kier molecular flexibility index (Phi) is 10.7. The van der Waals surface area contributed by atoms with Crippen molar-refractivity contribution in [1.29, 1.82) is 0 Å². The molecule has 1 heterocycles. The maximum atomic E-state index is 14.8. The van der Waals surface area contributed by atoms with E-state index in [0.717, 1.165) is 70.6 Å². The topological polar surface area (TPSA) is 122 Å². The molecule has 6 fully saturated rings. The lowest BCUT2D eigenvalue weighted by Gasteiger charge is -2.72. The summed E-state index contributed by atoms with van der Waals surface area (Å²) >= 11 is 0. The van der Waals surface area contributed by atoms with Gasteiger partial charge in [0.2, 0.25) is 5.91 Å². The van der Waals surface area contributed by atoms with Gasteiger partial charge in [0.15, 0.2) is 0 Å². The number of carbonyl (C=O) groups is 4. The first-order valence-electron chi connectivity index (χ1n) is 21.7. The minimum Gasteiger partial charge on any atom is -0.481 e. The number of carboxylic acid groups (broad SMARTS) is 1. The Hall–Kier alpha value is -2.58. The summed E-state index contributed by atoms with van der Waals surface area (Å²) in [5, 5.41) is 12.9. The third-order valence-corrected chi connectivity index (χ3v) is 17.2. The molecule has 2 amide bonds. The standard InChI is InChI=1S/C46H74N2O7/c1-28(2)30-15-21-46(38(52)47-29-18-24-48(27-29)39(53)55-40(3,4)5)23-22-44(11)31(37(30)46)13-14-33-43(10)19-17-34(42(8,9)32(43)16-20-45(33,44)12)54-36(51)26-41(6,7)25-35(49)50/h29-34,37H,1,13-27H2,2-12H3,(H,47,52)(H,49,50)/t29-,30+,31-,32+,33-,34+,37-,43+,44-,45-,46+/m1/s1. The first-order chi connectivity index (χ1) is 25.3. The molecule has 5 saturated carbocycles. The molecule has 0 radical (unpaired) electrons. The van der Waals surface area contributed by atoms with Crippen molar-refractivity contribution in [1.82, 2.24) is 10.2 Å². The van der Waals surface area contributed by atoms with Gasteiger partial charge in [0.1, 0.15) is 11.7 Å². The fraction of sp³-hybridized carbons (Fsp3) is 0.870. The van der Waals surface area contributed by atoms with Crippen LogP contribution in [0.2, 0.25) is 0 Å². The number of aliphatic carboxylic acids is 1. The number of hydrogen-bond donors (Lipinski definition) is 2. The molecule has 5 aliphatic carbocycles. The number of rotatable bonds is 8. The number of likely N-dealkylation sites (tertiary alicyclic amines) is 1. The van der Waals surface area contributed by atoms with Crippen LogP contribution in [0.1, 0.15) is 160 Å². The molecule has 6 aliphatic rings. The van der Waals surface area contributed by atoms with E-state index in [-0.39, 0.29) is 70.5 Å². The smallest absolute Gasteiger partial charge is 0.410 e. The van der Waals surface area contributed by atoms with Gasteiger partial charge in [-0.25, -0.2) is 4.79 Å². The second kappa shape index (κ2) is 14.1. The van der Waals surface area contributed by atoms with Gasteiger partial charge in [-0.3, -0.25) is 14.4 Å². The van der Waals surface area contributed by atoms with E-state index in [1.807, 2.05) is 34.6 Å². The van der Waals surface area contributed by atoms with E-state index < -0.39 is 22.4 Å². The average molecular weight is 767 g/mol. The number of nitrogens with one attached hydrogen (secondary N) is 1. The summed E-state index contributed by atoms with van der Waals surface area (Å²) in [6.07, 6.45) is 10.5. The van der Waals surface area contributed by atoms with Gasteiger partial charge in [0, 0.05) is 24.5 Å². The van der Waals surface area contributed by atoms with Gasteiger partial charge < -0.3 is 24.8 Å². The van der Waals surface area contributed by atoms with E-state index in [9.17, 15) is 24.3 Å². The minimum absolute atomic E-state index is 0.0637. The number of amides is 2. The lowest BCUT2D eigenvalue weighted by Crippen LogP contribution is -2.67. The van der Waals surface area contributed by atoms with Gasteiger partial charge in [0.05, 0.1) is 18.3 Å². The van der Waals surface area contributed by atoms with Gasteiger partial charge in [-0.1, -0.05) is 60.6 Å². The Morgan fingerprint density at radius 1 is 0.818 bits per heavy atom. The van der Waals surface area contributed by atoms with Crippen LogP contribution in [-0.2, 0) is 23.9 Å². The molecule has 6 rings (SSSR count). The van der Waals surface area contributed by atoms with E-state index >= 15 is 0 Å². The molecule has 1 saturated heterocycles. The molecule has 2 N–H and O–H groups in total. The molecule has 0 aromatic heterocycles. The first-order valence-corrected chi connectivity index (χ1v) is 21.7. The molecule has 9 nitrogen and oxygen atoms in total. The Morgan fingerprint density at radius 2 is 1.51 bits per heavy atom. The molecule has 0 aromatic rings. The van der Waals surface area contributed by atoms with Crippen molar-refractivity contribution in [3.05, 3.63) is 12.2 Å². The van der Waals surface area contributed by atoms with E-state index in [1.54, 1.807) is 4.90 Å². The zero-order valence-electron chi connectivity index (χ0n) is 36.2. The molecular weight excluding hydrogens is 693 g/mol. The number of carbonyl (C=O) groups excluding carboxylic acids is 3. The van der Waals surface area contributed by atoms with Gasteiger partial charge >= 0.3 is 18.0 Å². The lowest BCUT2D eigenvalue weighted by molar-refractivity contribution is -0.249. The number of hydrogen-bond acceptors (Lipinski definition) is 6. The summed E-state index contributed by atoms with van der Waals surface area (Å²) < 4.78 is 11.9. The van der Waals surface area contributed by atoms with Crippen molar-refractivity contribution in [3.8, 4) is 0 Å². The predicted molar refractivity (Wildman–Crippen MR) is 214 cm³/mol. The number of carboxylic acids is 1. The zero-order valence-corrected chi connectivity index (χ0v) is 36.2. The molecule has 0 unspecified atom stereocenters. The van der Waals surface area contributed by atoms with Crippen LogP contribution in [0.15, 0.2) is 12.2 Å². The fourth-order valence-corrected chi connectivity index (χ4v) is 14.5. The maximum absolute atomic E-state index is 14.8. The van der Waals surface area contributed by atoms with E-state index in [4.69, 9.17) is 9.47 Å². The number of fused-ring (bicyclic) bond motifs is 7. The average Bonchev–Trinajstić information content (AvgIpc) is 3.67. The van der Waals surface area contributed by atoms with Gasteiger partial charge in [-0.05, 0) is 150 Å². The van der Waals surface area contributed by atoms with Crippen molar-refractivity contribution in [3.63, 3.8) is 0 Å². The summed E-state index contributed by atoms with van der Waals surface area (Å²) in [6, 6.07) is -0.0651. The van der Waals surface area contributed by atoms with E-state index in [1.165, 1.54) is 5.57 Å². The fourth-order valence-electron chi connectivity index (χ4n) is 14.5. The SMILES string of the molecule is C=C(C)[C@@H]1CC[C@]2(C(=O)N[C@@H]3CCN(C(=O)OC(C)(C)C)C3)CC[C@]3(C)[C@H](CC[C@@H]4[C@@]5(C)CC[C@H](OC(=O)CC(C)(C)CC(=O)O)C(C)(C)[C@@H]5CC[C@]43C)[C@@H]12. The molecule has 11 atom stereocenters. The second-order valence-corrected chi connectivity index (χ2v) is 22.5. The molecule has 9 heteroatoms. The normalized spacial score (nSPS) is 40.9. The van der Waals surface area contributed by atoms with Crippen LogP contribution in [0.3, 0.4) is 0 Å². The quantitative estimate of drug-likeness (QED) is 0.186. The molecule has 0 spiro atoms. The first kappa shape index (κ1) is 42.0. The van der Waals surface area contributed by atoms with Crippen LogP contribution in [0.25, 0.3) is 0 Å². The van der Waals surface area contributed by atoms with Gasteiger partial charge in [0.25, 0.3) is 0 Å². The molecule has 310 valence electrons. The lowest BCUT2D eigenvalue weighted by atomic mass is 9.32. The monoisotopic (exact) mass is 767 g/mol. The van der Waals surface area contributed by atoms with Crippen molar-refractivity contribution >= 4 is 23.9 Å². The third-order valence-electron chi connectivity index (χ3n) is 17.2. The highest BCUT2D eigenvalue weighted by molar-refractivity contribution is 5.84. The Morgan fingerprint density at radius 3 is 2.15 bits per heavy atom. The molecule has 55 heavy (non-hydrogen) atoms. The van der Waals surface area contributed by atoms with Crippen LogP contribution in [0.5, 0.6) is 0 Å². The van der Waals surface area contributed by atoms with E-state index in [2.05, 4.69) is 53.4 Å². The van der Waals surface area contributed by atoms with Crippen molar-refractivity contribution < 1.29 is 33.8 Å². The summed E-state index contributed by atoms with van der Waals surface area (Å²) in [4.78, 5) is 54.1. The van der Waals surface area contributed by atoms with Crippen molar-refractivity contribution in [2.45, 2.75) is 177 Å². The largest absolute Gasteiger partial charge is 0.481 e. The Labute approximate surface area is 331 Å². The van der Waals surface area contributed by atoms with Crippen molar-refractivity contribution in [2.75, 3.05) is 13.1 Å². The van der Waals surface area contributed by atoms with Crippen LogP contribution < -0.4 is 5.32 Å². The van der Waals surface area contributed by atoms with Crippen LogP contribution in [0, 0.1) is 62.1 Å². The van der Waals surface area contributed by atoms with Crippen molar-refractivity contribution in [2.24, 2.45) is 62.1 Å². The minimum atomic E-state index is -0.896. The number of nitrogens with zero attached hydrogens (tertiary/aromatic N) is 1. The Balaban J connectivity index is 1.20. The third kappa shape index (κ3) is 7.16. The summed E-state index contributed by atoms with van der Waals surface area (Å²) in [7, 11) is 0. The molecule has 0 aromatic carbocycles.